The van der Waals surface area contributed by atoms with Gasteiger partial charge in [-0.2, -0.15) is 5.10 Å². The van der Waals surface area contributed by atoms with Gasteiger partial charge in [0.15, 0.2) is 0 Å². The zero-order chi connectivity index (χ0) is 15.9. The van der Waals surface area contributed by atoms with Crippen molar-refractivity contribution in [3.8, 4) is 0 Å². The summed E-state index contributed by atoms with van der Waals surface area (Å²) >= 11 is 0. The van der Waals surface area contributed by atoms with Crippen LogP contribution in [0.2, 0.25) is 0 Å². The van der Waals surface area contributed by atoms with Crippen molar-refractivity contribution in [3.05, 3.63) is 18.0 Å². The summed E-state index contributed by atoms with van der Waals surface area (Å²) < 4.78 is 1.70. The van der Waals surface area contributed by atoms with Gasteiger partial charge in [0.25, 0.3) is 0 Å². The van der Waals surface area contributed by atoms with Gasteiger partial charge in [-0.3, -0.25) is 9.48 Å². The predicted molar refractivity (Wildman–Crippen MR) is 83.1 cm³/mol. The van der Waals surface area contributed by atoms with Gasteiger partial charge >= 0.3 is 6.03 Å². The van der Waals surface area contributed by atoms with Crippen molar-refractivity contribution in [2.24, 2.45) is 13.0 Å². The predicted octanol–water partition coefficient (Wildman–Crippen LogP) is 1.09. The van der Waals surface area contributed by atoms with Crippen molar-refractivity contribution in [1.29, 1.82) is 0 Å². The van der Waals surface area contributed by atoms with Crippen LogP contribution in [-0.2, 0) is 11.8 Å². The van der Waals surface area contributed by atoms with Crippen LogP contribution in [0.15, 0.2) is 12.4 Å². The molecule has 1 fully saturated rings. The molecule has 1 heterocycles. The minimum Gasteiger partial charge on any atom is -0.354 e. The van der Waals surface area contributed by atoms with Crippen LogP contribution in [0.4, 0.5) is 4.79 Å². The number of nitrogens with zero attached hydrogens (tertiary/aromatic N) is 2. The Morgan fingerprint density at radius 2 is 2.00 bits per heavy atom. The fourth-order valence-electron chi connectivity index (χ4n) is 2.69. The van der Waals surface area contributed by atoms with E-state index in [4.69, 9.17) is 0 Å². The summed E-state index contributed by atoms with van der Waals surface area (Å²) in [4.78, 5) is 23.6. The van der Waals surface area contributed by atoms with E-state index in [1.807, 2.05) is 20.2 Å². The van der Waals surface area contributed by atoms with Crippen LogP contribution in [-0.4, -0.2) is 34.8 Å². The van der Waals surface area contributed by atoms with Gasteiger partial charge in [-0.15, -0.1) is 0 Å². The second-order valence-corrected chi connectivity index (χ2v) is 5.84. The third kappa shape index (κ3) is 4.75. The Morgan fingerprint density at radius 3 is 2.64 bits per heavy atom. The molecule has 2 rings (SSSR count). The molecule has 0 spiro atoms. The van der Waals surface area contributed by atoms with Gasteiger partial charge in [-0.05, 0) is 19.8 Å². The summed E-state index contributed by atoms with van der Waals surface area (Å²) in [6.07, 6.45) is 7.86. The number of urea groups is 1. The van der Waals surface area contributed by atoms with Gasteiger partial charge in [0, 0.05) is 37.8 Å². The highest BCUT2D eigenvalue weighted by Crippen LogP contribution is 2.24. The monoisotopic (exact) mass is 307 g/mol. The molecular formula is C15H25N5O2. The molecule has 0 saturated heterocycles. The summed E-state index contributed by atoms with van der Waals surface area (Å²) in [6, 6.07) is -0.353. The molecule has 0 unspecified atom stereocenters. The van der Waals surface area contributed by atoms with Crippen LogP contribution < -0.4 is 16.0 Å². The lowest BCUT2D eigenvalue weighted by Gasteiger charge is -2.14. The summed E-state index contributed by atoms with van der Waals surface area (Å²) in [6.45, 7) is 2.78. The molecule has 7 nitrogen and oxygen atoms in total. The average molecular weight is 307 g/mol. The maximum absolute atomic E-state index is 11.8. The molecule has 1 aliphatic rings. The number of rotatable bonds is 6. The number of carbonyl (C=O) groups is 2. The van der Waals surface area contributed by atoms with Gasteiger partial charge in [-0.1, -0.05) is 12.8 Å². The fourth-order valence-corrected chi connectivity index (χ4v) is 2.69. The van der Waals surface area contributed by atoms with E-state index in [0.717, 1.165) is 31.2 Å². The first-order chi connectivity index (χ1) is 10.6. The van der Waals surface area contributed by atoms with E-state index in [1.54, 1.807) is 10.9 Å². The Morgan fingerprint density at radius 1 is 1.32 bits per heavy atom. The van der Waals surface area contributed by atoms with Gasteiger partial charge in [0.05, 0.1) is 12.2 Å². The van der Waals surface area contributed by atoms with Crippen LogP contribution in [0, 0.1) is 5.92 Å². The van der Waals surface area contributed by atoms with Crippen molar-refractivity contribution >= 4 is 11.9 Å². The molecule has 3 N–H and O–H groups in total. The quantitative estimate of drug-likeness (QED) is 0.687. The highest BCUT2D eigenvalue weighted by Gasteiger charge is 2.21. The molecule has 0 aliphatic heterocycles. The number of amides is 3. The minimum atomic E-state index is -0.244. The summed E-state index contributed by atoms with van der Waals surface area (Å²) in [7, 11) is 1.84. The molecule has 1 aromatic rings. The topological polar surface area (TPSA) is 88.1 Å². The van der Waals surface area contributed by atoms with Gasteiger partial charge < -0.3 is 16.0 Å². The Labute approximate surface area is 130 Å². The number of aromatic nitrogens is 2. The molecule has 1 aromatic heterocycles. The number of hydrogen-bond donors (Lipinski definition) is 3. The molecule has 0 aromatic carbocycles. The Balaban J connectivity index is 1.60. The average Bonchev–Trinajstić information content (AvgIpc) is 3.14. The molecule has 1 aliphatic carbocycles. The Hall–Kier alpha value is -2.05. The highest BCUT2D eigenvalue weighted by atomic mass is 16.2. The van der Waals surface area contributed by atoms with E-state index >= 15 is 0 Å². The Bertz CT molecular complexity index is 508. The standard InChI is InChI=1S/C15H25N5O2/c1-11(13-9-18-20(2)10-13)19-15(22)17-8-7-16-14(21)12-5-3-4-6-12/h9-12H,3-8H2,1-2H3,(H,16,21)(H2,17,19,22)/t11-/m0/s1. The first kappa shape index (κ1) is 16.3. The van der Waals surface area contributed by atoms with Crippen molar-refractivity contribution in [1.82, 2.24) is 25.7 Å². The van der Waals surface area contributed by atoms with E-state index < -0.39 is 0 Å². The van der Waals surface area contributed by atoms with Crippen molar-refractivity contribution in [2.45, 2.75) is 38.6 Å². The van der Waals surface area contributed by atoms with E-state index in [0.29, 0.717) is 13.1 Å². The van der Waals surface area contributed by atoms with E-state index in [9.17, 15) is 9.59 Å². The maximum atomic E-state index is 11.8. The molecule has 122 valence electrons. The third-order valence-corrected chi connectivity index (χ3v) is 4.01. The molecule has 3 amide bonds. The van der Waals surface area contributed by atoms with Crippen LogP contribution in [0.3, 0.4) is 0 Å². The maximum Gasteiger partial charge on any atom is 0.315 e. The second kappa shape index (κ2) is 7.82. The number of hydrogen-bond acceptors (Lipinski definition) is 3. The lowest BCUT2D eigenvalue weighted by atomic mass is 10.1. The number of carbonyl (C=O) groups excluding carboxylic acids is 2. The molecule has 1 atom stereocenters. The largest absolute Gasteiger partial charge is 0.354 e. The van der Waals surface area contributed by atoms with Crippen molar-refractivity contribution in [2.75, 3.05) is 13.1 Å². The molecule has 7 heteroatoms. The third-order valence-electron chi connectivity index (χ3n) is 4.01. The molecule has 1 saturated carbocycles. The summed E-state index contributed by atoms with van der Waals surface area (Å²) in [5, 5.41) is 12.5. The van der Waals surface area contributed by atoms with Crippen LogP contribution >= 0.6 is 0 Å². The number of aryl methyl sites for hydroxylation is 1. The van der Waals surface area contributed by atoms with Gasteiger partial charge in [-0.25, -0.2) is 4.79 Å². The van der Waals surface area contributed by atoms with Crippen LogP contribution in [0.1, 0.15) is 44.2 Å². The van der Waals surface area contributed by atoms with Gasteiger partial charge in [0.1, 0.15) is 0 Å². The first-order valence-electron chi connectivity index (χ1n) is 7.87. The highest BCUT2D eigenvalue weighted by molar-refractivity contribution is 5.79. The minimum absolute atomic E-state index is 0.109. The molecule has 0 bridgehead atoms. The zero-order valence-electron chi connectivity index (χ0n) is 13.3. The second-order valence-electron chi connectivity index (χ2n) is 5.84. The fraction of sp³-hybridized carbons (Fsp3) is 0.667. The lowest BCUT2D eigenvalue weighted by molar-refractivity contribution is -0.124. The van der Waals surface area contributed by atoms with Crippen LogP contribution in [0.5, 0.6) is 0 Å². The van der Waals surface area contributed by atoms with Crippen molar-refractivity contribution < 1.29 is 9.59 Å². The van der Waals surface area contributed by atoms with E-state index in [2.05, 4.69) is 21.0 Å². The SMILES string of the molecule is C[C@H](NC(=O)NCCNC(=O)C1CCCC1)c1cnn(C)c1. The molecule has 22 heavy (non-hydrogen) atoms. The lowest BCUT2D eigenvalue weighted by Crippen LogP contribution is -2.41. The zero-order valence-corrected chi connectivity index (χ0v) is 13.3. The smallest absolute Gasteiger partial charge is 0.315 e. The summed E-state index contributed by atoms with van der Waals surface area (Å²) in [5.41, 5.74) is 0.951. The van der Waals surface area contributed by atoms with E-state index in [-0.39, 0.29) is 23.9 Å². The first-order valence-corrected chi connectivity index (χ1v) is 7.87. The molecule has 0 radical (unpaired) electrons. The van der Waals surface area contributed by atoms with E-state index in [1.165, 1.54) is 0 Å². The summed E-state index contributed by atoms with van der Waals surface area (Å²) in [5.74, 6) is 0.280. The van der Waals surface area contributed by atoms with Gasteiger partial charge in [0.2, 0.25) is 5.91 Å². The van der Waals surface area contributed by atoms with Crippen LogP contribution in [0.25, 0.3) is 0 Å². The Kier molecular flexibility index (Phi) is 5.80. The van der Waals surface area contributed by atoms with Crippen molar-refractivity contribution in [3.63, 3.8) is 0 Å². The molecular weight excluding hydrogens is 282 g/mol. The number of nitrogens with one attached hydrogen (secondary N) is 3. The normalized spacial score (nSPS) is 16.3.